The Bertz CT molecular complexity index is 862. The standard InChI is InChI=1S/C22H27BrF3NO3/c1-13-3-17(14(2)27(13)12-22(24,25)26)18(28)10-30-19(29)9-20-5-15-4-16(6-20)8-21(23,7-15)11-20/h3,15-16H,4-12H2,1-2H3. The molecule has 0 aliphatic heterocycles. The molecule has 4 fully saturated rings. The number of ketones is 1. The molecule has 166 valence electrons. The zero-order valence-electron chi connectivity index (χ0n) is 17.3. The van der Waals surface area contributed by atoms with Crippen LogP contribution in [0.5, 0.6) is 0 Å². The molecule has 8 heteroatoms. The van der Waals surface area contributed by atoms with Crippen molar-refractivity contribution in [2.75, 3.05) is 6.61 Å². The molecule has 0 spiro atoms. The van der Waals surface area contributed by atoms with Gasteiger partial charge in [-0.05, 0) is 75.7 Å². The molecular formula is C22H27BrF3NO3. The Morgan fingerprint density at radius 2 is 1.83 bits per heavy atom. The van der Waals surface area contributed by atoms with E-state index in [2.05, 4.69) is 15.9 Å². The second-order valence-electron chi connectivity index (χ2n) is 9.86. The van der Waals surface area contributed by atoms with Crippen molar-refractivity contribution in [3.8, 4) is 0 Å². The van der Waals surface area contributed by atoms with Crippen LogP contribution >= 0.6 is 15.9 Å². The van der Waals surface area contributed by atoms with E-state index >= 15 is 0 Å². The van der Waals surface area contributed by atoms with Gasteiger partial charge in [-0.3, -0.25) is 9.59 Å². The highest BCUT2D eigenvalue weighted by Crippen LogP contribution is 2.65. The maximum Gasteiger partial charge on any atom is 0.406 e. The van der Waals surface area contributed by atoms with Crippen LogP contribution in [-0.4, -0.2) is 33.4 Å². The Morgan fingerprint density at radius 3 is 2.40 bits per heavy atom. The Morgan fingerprint density at radius 1 is 1.20 bits per heavy atom. The highest BCUT2D eigenvalue weighted by molar-refractivity contribution is 9.10. The van der Waals surface area contributed by atoms with Gasteiger partial charge >= 0.3 is 12.1 Å². The van der Waals surface area contributed by atoms with E-state index in [9.17, 15) is 22.8 Å². The number of aromatic nitrogens is 1. The maximum absolute atomic E-state index is 12.8. The number of carbonyl (C=O) groups is 2. The predicted molar refractivity (Wildman–Crippen MR) is 109 cm³/mol. The summed E-state index contributed by atoms with van der Waals surface area (Å²) in [6, 6.07) is 1.44. The van der Waals surface area contributed by atoms with Crippen LogP contribution in [-0.2, 0) is 16.1 Å². The van der Waals surface area contributed by atoms with Gasteiger partial charge in [-0.25, -0.2) is 0 Å². The van der Waals surface area contributed by atoms with Crippen LogP contribution in [0.25, 0.3) is 0 Å². The van der Waals surface area contributed by atoms with Crippen LogP contribution < -0.4 is 0 Å². The summed E-state index contributed by atoms with van der Waals surface area (Å²) in [5.74, 6) is 0.455. The fourth-order valence-electron chi connectivity index (χ4n) is 6.63. The summed E-state index contributed by atoms with van der Waals surface area (Å²) in [6.45, 7) is 1.44. The van der Waals surface area contributed by atoms with E-state index in [-0.39, 0.29) is 27.0 Å². The van der Waals surface area contributed by atoms with Gasteiger partial charge in [-0.1, -0.05) is 15.9 Å². The molecule has 0 saturated heterocycles. The third-order valence-electron chi connectivity index (χ3n) is 7.21. The van der Waals surface area contributed by atoms with Crippen molar-refractivity contribution < 1.29 is 27.5 Å². The lowest BCUT2D eigenvalue weighted by Crippen LogP contribution is -2.53. The topological polar surface area (TPSA) is 48.3 Å². The van der Waals surface area contributed by atoms with Crippen LogP contribution in [0, 0.1) is 31.1 Å². The number of alkyl halides is 4. The number of aryl methyl sites for hydroxylation is 1. The van der Waals surface area contributed by atoms with Crippen molar-refractivity contribution in [2.24, 2.45) is 17.3 Å². The SMILES string of the molecule is Cc1cc(C(=O)COC(=O)CC23CC4CC(CC(Br)(C4)C2)C3)c(C)n1CC(F)(F)F. The molecule has 4 nitrogen and oxygen atoms in total. The van der Waals surface area contributed by atoms with Gasteiger partial charge in [0.2, 0.25) is 5.78 Å². The third-order valence-corrected chi connectivity index (χ3v) is 8.13. The molecule has 1 aromatic rings. The summed E-state index contributed by atoms with van der Waals surface area (Å²) in [5, 5.41) is 0. The van der Waals surface area contributed by atoms with Crippen LogP contribution in [0.2, 0.25) is 0 Å². The van der Waals surface area contributed by atoms with Gasteiger partial charge in [-0.2, -0.15) is 13.2 Å². The van der Waals surface area contributed by atoms with E-state index in [1.54, 1.807) is 0 Å². The van der Waals surface area contributed by atoms with Gasteiger partial charge in [0, 0.05) is 21.3 Å². The van der Waals surface area contributed by atoms with Crippen LogP contribution in [0.4, 0.5) is 13.2 Å². The Hall–Kier alpha value is -1.31. The second kappa shape index (κ2) is 7.38. The van der Waals surface area contributed by atoms with Crippen LogP contribution in [0.1, 0.15) is 66.7 Å². The first kappa shape index (κ1) is 21.9. The minimum atomic E-state index is -4.37. The quantitative estimate of drug-likeness (QED) is 0.300. The minimum absolute atomic E-state index is 0.0454. The molecule has 30 heavy (non-hydrogen) atoms. The number of Topliss-reactive ketones (excluding diaryl/α,β-unsaturated/α-hetero) is 1. The lowest BCUT2D eigenvalue weighted by molar-refractivity contribution is -0.149. The first-order chi connectivity index (χ1) is 13.9. The molecule has 1 heterocycles. The Balaban J connectivity index is 1.37. The first-order valence-corrected chi connectivity index (χ1v) is 11.3. The van der Waals surface area contributed by atoms with Crippen molar-refractivity contribution in [2.45, 2.75) is 75.8 Å². The zero-order chi connectivity index (χ0) is 21.9. The summed E-state index contributed by atoms with van der Waals surface area (Å²) in [6.07, 6.45) is 2.58. The second-order valence-corrected chi connectivity index (χ2v) is 11.5. The van der Waals surface area contributed by atoms with Gasteiger partial charge < -0.3 is 9.30 Å². The Labute approximate surface area is 182 Å². The van der Waals surface area contributed by atoms with Crippen molar-refractivity contribution in [1.82, 2.24) is 4.57 Å². The van der Waals surface area contributed by atoms with Crippen molar-refractivity contribution in [1.29, 1.82) is 0 Å². The average Bonchev–Trinajstić information content (AvgIpc) is 2.84. The summed E-state index contributed by atoms with van der Waals surface area (Å²) >= 11 is 3.92. The van der Waals surface area contributed by atoms with Crippen molar-refractivity contribution in [3.63, 3.8) is 0 Å². The smallest absolute Gasteiger partial charge is 0.406 e. The van der Waals surface area contributed by atoms with E-state index in [0.717, 1.165) is 23.8 Å². The zero-order valence-corrected chi connectivity index (χ0v) is 18.9. The van der Waals surface area contributed by atoms with Gasteiger partial charge in [0.25, 0.3) is 0 Å². The highest BCUT2D eigenvalue weighted by atomic mass is 79.9. The minimum Gasteiger partial charge on any atom is -0.457 e. The summed E-state index contributed by atoms with van der Waals surface area (Å²) in [4.78, 5) is 25.1. The number of rotatable bonds is 6. The molecule has 2 unspecified atom stereocenters. The fraction of sp³-hybridized carbons (Fsp3) is 0.727. The molecule has 4 aliphatic rings. The van der Waals surface area contributed by atoms with Crippen molar-refractivity contribution in [3.05, 3.63) is 23.0 Å². The van der Waals surface area contributed by atoms with Gasteiger partial charge in [0.15, 0.2) is 6.61 Å². The summed E-state index contributed by atoms with van der Waals surface area (Å²) in [5.41, 5.74) is 0.735. The Kier molecular flexibility index (Phi) is 5.39. The monoisotopic (exact) mass is 489 g/mol. The molecule has 0 aromatic carbocycles. The number of nitrogens with zero attached hydrogens (tertiary/aromatic N) is 1. The molecule has 0 amide bonds. The van der Waals surface area contributed by atoms with Crippen LogP contribution in [0.3, 0.4) is 0 Å². The number of ether oxygens (including phenoxy) is 1. The van der Waals surface area contributed by atoms with E-state index in [4.69, 9.17) is 4.74 Å². The number of esters is 1. The van der Waals surface area contributed by atoms with Gasteiger partial charge in [-0.15, -0.1) is 0 Å². The molecule has 4 bridgehead atoms. The molecule has 5 rings (SSSR count). The molecule has 0 radical (unpaired) electrons. The normalized spacial score (nSPS) is 32.5. The molecule has 0 N–H and O–H groups in total. The number of carbonyl (C=O) groups excluding carboxylic acids is 2. The molecule has 1 aromatic heterocycles. The fourth-order valence-corrected chi connectivity index (χ4v) is 8.14. The third kappa shape index (κ3) is 4.34. The van der Waals surface area contributed by atoms with Crippen LogP contribution in [0.15, 0.2) is 6.07 Å². The lowest BCUT2D eigenvalue weighted by atomic mass is 9.49. The van der Waals surface area contributed by atoms with E-state index < -0.39 is 25.1 Å². The molecule has 4 aliphatic carbocycles. The van der Waals surface area contributed by atoms with E-state index in [1.165, 1.54) is 39.2 Å². The van der Waals surface area contributed by atoms with Gasteiger partial charge in [0.05, 0.1) is 6.42 Å². The number of hydrogen-bond acceptors (Lipinski definition) is 3. The van der Waals surface area contributed by atoms with Gasteiger partial charge in [0.1, 0.15) is 6.54 Å². The predicted octanol–water partition coefficient (Wildman–Crippen LogP) is 5.52. The molecule has 2 atom stereocenters. The summed E-state index contributed by atoms with van der Waals surface area (Å²) in [7, 11) is 0. The molecular weight excluding hydrogens is 463 g/mol. The van der Waals surface area contributed by atoms with Crippen molar-refractivity contribution >= 4 is 27.7 Å². The first-order valence-electron chi connectivity index (χ1n) is 10.5. The van der Waals surface area contributed by atoms with E-state index in [0.29, 0.717) is 24.0 Å². The number of hydrogen-bond donors (Lipinski definition) is 0. The number of halogens is 4. The van der Waals surface area contributed by atoms with E-state index in [1.807, 2.05) is 0 Å². The average molecular weight is 490 g/mol. The maximum atomic E-state index is 12.8. The summed E-state index contributed by atoms with van der Waals surface area (Å²) < 4.78 is 44.8. The largest absolute Gasteiger partial charge is 0.457 e. The lowest BCUT2D eigenvalue weighted by Gasteiger charge is -2.60. The molecule has 4 saturated carbocycles. The highest BCUT2D eigenvalue weighted by Gasteiger charge is 2.57.